The third kappa shape index (κ3) is 5.15. The number of methoxy groups -OCH3 is 2. The first-order valence-electron chi connectivity index (χ1n) is 11.2. The SMILES string of the molecule is COc1cc(NC(=O)N2CCN(c3cc(C)nc(N4CCCCC4)n3)CC2)cc(OC)c1. The van der Waals surface area contributed by atoms with E-state index < -0.39 is 0 Å². The molecule has 1 aromatic heterocycles. The number of hydrogen-bond donors (Lipinski definition) is 1. The molecule has 2 aromatic rings. The number of benzene rings is 1. The van der Waals surface area contributed by atoms with Crippen molar-refractivity contribution in [3.8, 4) is 11.5 Å². The molecule has 0 saturated carbocycles. The molecule has 32 heavy (non-hydrogen) atoms. The molecule has 1 aromatic carbocycles. The monoisotopic (exact) mass is 440 g/mol. The minimum absolute atomic E-state index is 0.132. The van der Waals surface area contributed by atoms with E-state index in [4.69, 9.17) is 14.5 Å². The molecule has 2 amide bonds. The second kappa shape index (κ2) is 9.93. The number of amides is 2. The van der Waals surface area contributed by atoms with E-state index in [1.54, 1.807) is 32.4 Å². The maximum atomic E-state index is 12.8. The van der Waals surface area contributed by atoms with Gasteiger partial charge in [0.1, 0.15) is 17.3 Å². The van der Waals surface area contributed by atoms with Gasteiger partial charge in [0, 0.05) is 74.9 Å². The number of nitrogens with one attached hydrogen (secondary N) is 1. The number of urea groups is 1. The lowest BCUT2D eigenvalue weighted by Gasteiger charge is -2.36. The van der Waals surface area contributed by atoms with Crippen molar-refractivity contribution in [1.29, 1.82) is 0 Å². The van der Waals surface area contributed by atoms with Crippen molar-refractivity contribution in [2.45, 2.75) is 26.2 Å². The van der Waals surface area contributed by atoms with Crippen LogP contribution in [0.4, 0.5) is 22.2 Å². The van der Waals surface area contributed by atoms with Crippen LogP contribution in [0.2, 0.25) is 0 Å². The molecule has 2 saturated heterocycles. The molecular weight excluding hydrogens is 408 g/mol. The number of nitrogens with zero attached hydrogens (tertiary/aromatic N) is 5. The molecule has 0 unspecified atom stereocenters. The van der Waals surface area contributed by atoms with Crippen LogP contribution in [-0.4, -0.2) is 74.4 Å². The van der Waals surface area contributed by atoms with Crippen LogP contribution < -0.4 is 24.6 Å². The van der Waals surface area contributed by atoms with Crippen molar-refractivity contribution in [3.05, 3.63) is 30.0 Å². The van der Waals surface area contributed by atoms with Crippen molar-refractivity contribution in [2.24, 2.45) is 0 Å². The van der Waals surface area contributed by atoms with Crippen molar-refractivity contribution in [3.63, 3.8) is 0 Å². The Balaban J connectivity index is 1.38. The first kappa shape index (κ1) is 22.0. The van der Waals surface area contributed by atoms with Gasteiger partial charge in [0.15, 0.2) is 0 Å². The van der Waals surface area contributed by atoms with Gasteiger partial charge >= 0.3 is 6.03 Å². The summed E-state index contributed by atoms with van der Waals surface area (Å²) >= 11 is 0. The lowest BCUT2D eigenvalue weighted by atomic mass is 10.1. The first-order chi connectivity index (χ1) is 15.6. The van der Waals surface area contributed by atoms with E-state index in [9.17, 15) is 4.79 Å². The summed E-state index contributed by atoms with van der Waals surface area (Å²) in [6.45, 7) is 6.75. The minimum Gasteiger partial charge on any atom is -0.497 e. The fraction of sp³-hybridized carbons (Fsp3) is 0.522. The Morgan fingerprint density at radius 3 is 2.12 bits per heavy atom. The van der Waals surface area contributed by atoms with E-state index in [-0.39, 0.29) is 6.03 Å². The second-order valence-corrected chi connectivity index (χ2v) is 8.22. The van der Waals surface area contributed by atoms with Gasteiger partial charge in [-0.25, -0.2) is 9.78 Å². The zero-order valence-corrected chi connectivity index (χ0v) is 19.1. The van der Waals surface area contributed by atoms with Crippen molar-refractivity contribution < 1.29 is 14.3 Å². The van der Waals surface area contributed by atoms with Gasteiger partial charge in [-0.3, -0.25) is 0 Å². The second-order valence-electron chi connectivity index (χ2n) is 8.22. The highest BCUT2D eigenvalue weighted by Crippen LogP contribution is 2.26. The fourth-order valence-electron chi connectivity index (χ4n) is 4.15. The molecule has 1 N–H and O–H groups in total. The lowest BCUT2D eigenvalue weighted by molar-refractivity contribution is 0.208. The van der Waals surface area contributed by atoms with Gasteiger partial charge in [-0.2, -0.15) is 4.98 Å². The van der Waals surface area contributed by atoms with E-state index in [1.807, 2.05) is 17.9 Å². The molecule has 0 spiro atoms. The molecule has 0 radical (unpaired) electrons. The quantitative estimate of drug-likeness (QED) is 0.765. The molecule has 9 heteroatoms. The number of anilines is 3. The Morgan fingerprint density at radius 1 is 0.844 bits per heavy atom. The van der Waals surface area contributed by atoms with Gasteiger partial charge in [-0.1, -0.05) is 0 Å². The van der Waals surface area contributed by atoms with Crippen LogP contribution in [0, 0.1) is 6.92 Å². The predicted molar refractivity (Wildman–Crippen MR) is 125 cm³/mol. The smallest absolute Gasteiger partial charge is 0.321 e. The number of carbonyl (C=O) groups excluding carboxylic acids is 1. The van der Waals surface area contributed by atoms with Gasteiger partial charge in [-0.05, 0) is 26.2 Å². The van der Waals surface area contributed by atoms with Crippen LogP contribution in [-0.2, 0) is 0 Å². The Kier molecular flexibility index (Phi) is 6.82. The number of piperidine rings is 1. The topological polar surface area (TPSA) is 83.1 Å². The molecule has 0 atom stereocenters. The summed E-state index contributed by atoms with van der Waals surface area (Å²) in [6, 6.07) is 7.24. The van der Waals surface area contributed by atoms with Gasteiger partial charge in [0.05, 0.1) is 14.2 Å². The summed E-state index contributed by atoms with van der Waals surface area (Å²) in [5, 5.41) is 2.95. The van der Waals surface area contributed by atoms with Gasteiger partial charge in [0.25, 0.3) is 0 Å². The third-order valence-electron chi connectivity index (χ3n) is 5.96. The minimum atomic E-state index is -0.132. The number of rotatable bonds is 5. The normalized spacial score (nSPS) is 16.7. The largest absolute Gasteiger partial charge is 0.497 e. The number of aromatic nitrogens is 2. The Labute approximate surface area is 189 Å². The summed E-state index contributed by atoms with van der Waals surface area (Å²) in [5.74, 6) is 3.03. The maximum absolute atomic E-state index is 12.8. The average molecular weight is 441 g/mol. The van der Waals surface area contributed by atoms with Crippen molar-refractivity contribution in [1.82, 2.24) is 14.9 Å². The Hall–Kier alpha value is -3.23. The average Bonchev–Trinajstić information content (AvgIpc) is 2.84. The Morgan fingerprint density at radius 2 is 1.50 bits per heavy atom. The molecule has 3 heterocycles. The zero-order chi connectivity index (χ0) is 22.5. The van der Waals surface area contributed by atoms with Gasteiger partial charge < -0.3 is 29.5 Å². The summed E-state index contributed by atoms with van der Waals surface area (Å²) in [4.78, 5) is 28.7. The summed E-state index contributed by atoms with van der Waals surface area (Å²) in [6.07, 6.45) is 3.67. The van der Waals surface area contributed by atoms with E-state index in [0.717, 1.165) is 43.6 Å². The highest BCUT2D eigenvalue weighted by molar-refractivity contribution is 5.90. The van der Waals surface area contributed by atoms with Crippen LogP contribution in [0.25, 0.3) is 0 Å². The van der Waals surface area contributed by atoms with E-state index in [2.05, 4.69) is 20.1 Å². The zero-order valence-electron chi connectivity index (χ0n) is 19.1. The Bertz CT molecular complexity index is 917. The van der Waals surface area contributed by atoms with Crippen molar-refractivity contribution >= 4 is 23.5 Å². The van der Waals surface area contributed by atoms with E-state index in [0.29, 0.717) is 30.3 Å². The first-order valence-corrected chi connectivity index (χ1v) is 11.2. The van der Waals surface area contributed by atoms with E-state index >= 15 is 0 Å². The molecule has 0 aliphatic carbocycles. The van der Waals surface area contributed by atoms with Crippen LogP contribution >= 0.6 is 0 Å². The number of carbonyl (C=O) groups is 1. The van der Waals surface area contributed by atoms with Crippen LogP contribution in [0.3, 0.4) is 0 Å². The fourth-order valence-corrected chi connectivity index (χ4v) is 4.15. The van der Waals surface area contributed by atoms with Crippen LogP contribution in [0.5, 0.6) is 11.5 Å². The molecule has 172 valence electrons. The van der Waals surface area contributed by atoms with Crippen molar-refractivity contribution in [2.75, 3.05) is 68.6 Å². The predicted octanol–water partition coefficient (Wildman–Crippen LogP) is 3.15. The van der Waals surface area contributed by atoms with Gasteiger partial charge in [-0.15, -0.1) is 0 Å². The highest BCUT2D eigenvalue weighted by Gasteiger charge is 2.24. The number of aryl methyl sites for hydroxylation is 1. The lowest BCUT2D eigenvalue weighted by Crippen LogP contribution is -2.50. The summed E-state index contributed by atoms with van der Waals surface area (Å²) < 4.78 is 10.6. The molecule has 4 rings (SSSR count). The van der Waals surface area contributed by atoms with Gasteiger partial charge in [0.2, 0.25) is 5.95 Å². The summed E-state index contributed by atoms with van der Waals surface area (Å²) in [7, 11) is 3.18. The molecule has 2 aliphatic rings. The molecule has 0 bridgehead atoms. The number of ether oxygens (including phenoxy) is 2. The summed E-state index contributed by atoms with van der Waals surface area (Å²) in [5.41, 5.74) is 1.62. The molecule has 2 fully saturated rings. The highest BCUT2D eigenvalue weighted by atomic mass is 16.5. The van der Waals surface area contributed by atoms with Crippen LogP contribution in [0.15, 0.2) is 24.3 Å². The third-order valence-corrected chi connectivity index (χ3v) is 5.96. The van der Waals surface area contributed by atoms with E-state index in [1.165, 1.54) is 19.3 Å². The standard InChI is InChI=1S/C23H32N6O3/c1-17-13-21(26-22(24-17)28-7-5-4-6-8-28)27-9-11-29(12-10-27)23(30)25-18-14-19(31-2)16-20(15-18)32-3/h13-16H,4-12H2,1-3H3,(H,25,30). The molecule has 2 aliphatic heterocycles. The number of hydrogen-bond acceptors (Lipinski definition) is 7. The maximum Gasteiger partial charge on any atom is 0.321 e. The van der Waals surface area contributed by atoms with Crippen LogP contribution in [0.1, 0.15) is 25.0 Å². The molecular formula is C23H32N6O3. The molecule has 9 nitrogen and oxygen atoms in total. The number of piperazine rings is 1.